The van der Waals surface area contributed by atoms with E-state index in [1.54, 1.807) is 0 Å². The van der Waals surface area contributed by atoms with Crippen LogP contribution in [-0.2, 0) is 0 Å². The molecular weight excluding hydrogens is 671 g/mol. The van der Waals surface area contributed by atoms with E-state index in [2.05, 4.69) is 202 Å². The highest BCUT2D eigenvalue weighted by atomic mass is 15.2. The molecule has 5 heteroatoms. The molecule has 0 N–H and O–H groups in total. The van der Waals surface area contributed by atoms with Crippen LogP contribution < -0.4 is 0 Å². The van der Waals surface area contributed by atoms with Crippen LogP contribution in [0, 0.1) is 0 Å². The summed E-state index contributed by atoms with van der Waals surface area (Å²) in [6.07, 6.45) is 0. The fourth-order valence-electron chi connectivity index (χ4n) is 8.88. The van der Waals surface area contributed by atoms with Crippen molar-refractivity contribution < 1.29 is 0 Å². The van der Waals surface area contributed by atoms with Crippen molar-refractivity contribution in [3.63, 3.8) is 0 Å². The predicted molar refractivity (Wildman–Crippen MR) is 228 cm³/mol. The van der Waals surface area contributed by atoms with Gasteiger partial charge in [0.05, 0.1) is 33.1 Å². The molecule has 4 heterocycles. The maximum absolute atomic E-state index is 5.61. The van der Waals surface area contributed by atoms with Gasteiger partial charge in [0.2, 0.25) is 5.95 Å². The van der Waals surface area contributed by atoms with Crippen LogP contribution in [0.15, 0.2) is 188 Å². The maximum Gasteiger partial charge on any atom is 0.235 e. The van der Waals surface area contributed by atoms with Crippen LogP contribution in [0.25, 0.3) is 105 Å². The molecule has 256 valence electrons. The van der Waals surface area contributed by atoms with Crippen LogP contribution in [0.1, 0.15) is 0 Å². The summed E-state index contributed by atoms with van der Waals surface area (Å²) in [5.74, 6) is 0.643. The van der Waals surface area contributed by atoms with Crippen molar-refractivity contribution in [2.75, 3.05) is 0 Å². The smallest absolute Gasteiger partial charge is 0.235 e. The summed E-state index contributed by atoms with van der Waals surface area (Å²) < 4.78 is 7.03. The van der Waals surface area contributed by atoms with Crippen LogP contribution in [0.4, 0.5) is 0 Å². The normalized spacial score (nSPS) is 12.0. The molecule has 0 fully saturated rings. The number of hydrogen-bond acceptors (Lipinski definition) is 2. The lowest BCUT2D eigenvalue weighted by Crippen LogP contribution is -2.05. The largest absolute Gasteiger partial charge is 0.309 e. The van der Waals surface area contributed by atoms with Crippen molar-refractivity contribution in [3.8, 4) is 28.6 Å². The molecule has 55 heavy (non-hydrogen) atoms. The summed E-state index contributed by atoms with van der Waals surface area (Å²) in [6, 6.07) is 67.0. The number of nitrogens with zero attached hydrogens (tertiary/aromatic N) is 5. The molecule has 0 unspecified atom stereocenters. The van der Waals surface area contributed by atoms with Crippen LogP contribution in [0.5, 0.6) is 0 Å². The average Bonchev–Trinajstić information content (AvgIpc) is 3.89. The SMILES string of the molecule is c1ccc(-c2nc(-n3c4ccccc4c4cc5c(cc43)c3ccccc3n5-c3ccccc3)nc3c4ccc5ccccc5c4n(-c4ccccc4)c23)cc1. The Morgan fingerprint density at radius 3 is 1.53 bits per heavy atom. The van der Waals surface area contributed by atoms with Gasteiger partial charge >= 0.3 is 0 Å². The molecule has 0 amide bonds. The quantitative estimate of drug-likeness (QED) is 0.183. The van der Waals surface area contributed by atoms with Crippen molar-refractivity contribution >= 4 is 76.3 Å². The Balaban J connectivity index is 1.25. The van der Waals surface area contributed by atoms with Crippen LogP contribution in [-0.4, -0.2) is 23.7 Å². The first-order valence-corrected chi connectivity index (χ1v) is 18.7. The summed E-state index contributed by atoms with van der Waals surface area (Å²) in [5.41, 5.74) is 11.6. The third-order valence-corrected chi connectivity index (χ3v) is 11.2. The number of rotatable bonds is 4. The Morgan fingerprint density at radius 1 is 0.327 bits per heavy atom. The second-order valence-corrected chi connectivity index (χ2v) is 14.2. The molecule has 4 aromatic heterocycles. The van der Waals surface area contributed by atoms with E-state index in [-0.39, 0.29) is 0 Å². The molecule has 0 aliphatic carbocycles. The Bertz CT molecular complexity index is 3470. The summed E-state index contributed by atoms with van der Waals surface area (Å²) >= 11 is 0. The maximum atomic E-state index is 5.61. The Hall–Kier alpha value is -7.50. The molecular formula is C50H31N5. The standard InChI is InChI=1S/C50H31N5/c1-4-17-33(18-5-1)46-49-47(39-29-28-32-16-10-11-23-36(32)48(39)54(49)35-21-8-3-9-22-35)52-50(51-46)55-43-27-15-13-25-38(43)41-30-44-40(31-45(41)55)37-24-12-14-26-42(37)53(44)34-19-6-2-7-20-34/h1-31H. The second kappa shape index (κ2) is 11.5. The first kappa shape index (κ1) is 30.0. The molecule has 0 atom stereocenters. The third kappa shape index (κ3) is 4.29. The van der Waals surface area contributed by atoms with E-state index in [9.17, 15) is 0 Å². The number of benzene rings is 8. The van der Waals surface area contributed by atoms with Crippen LogP contribution in [0.3, 0.4) is 0 Å². The van der Waals surface area contributed by atoms with Gasteiger partial charge in [-0.3, -0.25) is 4.57 Å². The minimum absolute atomic E-state index is 0.643. The van der Waals surface area contributed by atoms with E-state index >= 15 is 0 Å². The van der Waals surface area contributed by atoms with Gasteiger partial charge in [-0.1, -0.05) is 133 Å². The van der Waals surface area contributed by atoms with E-state index in [1.165, 1.54) is 32.6 Å². The highest BCUT2D eigenvalue weighted by Gasteiger charge is 2.25. The van der Waals surface area contributed by atoms with E-state index in [0.717, 1.165) is 66.4 Å². The number of hydrogen-bond donors (Lipinski definition) is 0. The first-order chi connectivity index (χ1) is 27.3. The Kier molecular flexibility index (Phi) is 6.27. The molecule has 0 saturated carbocycles. The molecule has 8 aromatic carbocycles. The fourth-order valence-corrected chi connectivity index (χ4v) is 8.88. The van der Waals surface area contributed by atoms with Gasteiger partial charge in [0.15, 0.2) is 0 Å². The van der Waals surface area contributed by atoms with E-state index < -0.39 is 0 Å². The average molecular weight is 702 g/mol. The molecule has 0 aliphatic heterocycles. The minimum atomic E-state index is 0.643. The van der Waals surface area contributed by atoms with Gasteiger partial charge in [-0.25, -0.2) is 9.97 Å². The summed E-state index contributed by atoms with van der Waals surface area (Å²) in [5, 5.41) is 8.17. The summed E-state index contributed by atoms with van der Waals surface area (Å²) in [6.45, 7) is 0. The summed E-state index contributed by atoms with van der Waals surface area (Å²) in [7, 11) is 0. The Morgan fingerprint density at radius 2 is 0.855 bits per heavy atom. The molecule has 0 bridgehead atoms. The van der Waals surface area contributed by atoms with Gasteiger partial charge < -0.3 is 9.13 Å². The van der Waals surface area contributed by atoms with Crippen LogP contribution in [0.2, 0.25) is 0 Å². The number of para-hydroxylation sites is 4. The van der Waals surface area contributed by atoms with Gasteiger partial charge in [0.25, 0.3) is 0 Å². The van der Waals surface area contributed by atoms with Gasteiger partial charge in [-0.05, 0) is 60.0 Å². The third-order valence-electron chi connectivity index (χ3n) is 11.2. The molecule has 12 rings (SSSR count). The predicted octanol–water partition coefficient (Wildman–Crippen LogP) is 12.6. The summed E-state index contributed by atoms with van der Waals surface area (Å²) in [4.78, 5) is 11.2. The lowest BCUT2D eigenvalue weighted by molar-refractivity contribution is 1.01. The zero-order valence-corrected chi connectivity index (χ0v) is 29.6. The highest BCUT2D eigenvalue weighted by Crippen LogP contribution is 2.42. The van der Waals surface area contributed by atoms with Crippen molar-refractivity contribution in [2.24, 2.45) is 0 Å². The van der Waals surface area contributed by atoms with Gasteiger partial charge in [0.1, 0.15) is 11.2 Å². The molecule has 0 aliphatic rings. The van der Waals surface area contributed by atoms with E-state index in [0.29, 0.717) is 5.95 Å². The topological polar surface area (TPSA) is 40.6 Å². The van der Waals surface area contributed by atoms with Gasteiger partial charge in [-0.15, -0.1) is 0 Å². The molecule has 5 nitrogen and oxygen atoms in total. The number of fused-ring (bicyclic) bond motifs is 11. The lowest BCUT2D eigenvalue weighted by Gasteiger charge is -2.14. The van der Waals surface area contributed by atoms with Gasteiger partial charge in [0, 0.05) is 49.3 Å². The Labute approximate surface area is 315 Å². The zero-order chi connectivity index (χ0) is 36.0. The van der Waals surface area contributed by atoms with Gasteiger partial charge in [-0.2, -0.15) is 0 Å². The number of aromatic nitrogens is 5. The zero-order valence-electron chi connectivity index (χ0n) is 29.6. The van der Waals surface area contributed by atoms with E-state index in [4.69, 9.17) is 9.97 Å². The van der Waals surface area contributed by atoms with Crippen LogP contribution >= 0.6 is 0 Å². The van der Waals surface area contributed by atoms with Crippen molar-refractivity contribution in [1.82, 2.24) is 23.7 Å². The van der Waals surface area contributed by atoms with E-state index in [1.807, 2.05) is 0 Å². The fraction of sp³-hybridized carbons (Fsp3) is 0. The monoisotopic (exact) mass is 701 g/mol. The molecule has 0 saturated heterocycles. The molecule has 0 spiro atoms. The highest BCUT2D eigenvalue weighted by molar-refractivity contribution is 6.21. The van der Waals surface area contributed by atoms with Crippen molar-refractivity contribution in [2.45, 2.75) is 0 Å². The lowest BCUT2D eigenvalue weighted by atomic mass is 10.1. The molecule has 12 aromatic rings. The minimum Gasteiger partial charge on any atom is -0.309 e. The van der Waals surface area contributed by atoms with Crippen molar-refractivity contribution in [3.05, 3.63) is 188 Å². The molecule has 0 radical (unpaired) electrons. The first-order valence-electron chi connectivity index (χ1n) is 18.7. The van der Waals surface area contributed by atoms with Crippen molar-refractivity contribution in [1.29, 1.82) is 0 Å². The second-order valence-electron chi connectivity index (χ2n) is 14.2.